The molecule has 0 bridgehead atoms. The van der Waals surface area contributed by atoms with Gasteiger partial charge in [0.15, 0.2) is 0 Å². The normalized spacial score (nSPS) is 13.1. The SMILES string of the molecule is CCOC(=O)C(CC(Cc1ccc(-c2cc(Cl)ccc2F)cc1)NC(=O)OC(C)(C)C)NCCOC. The van der Waals surface area contributed by atoms with Crippen molar-refractivity contribution < 1.29 is 28.2 Å². The fraction of sp³-hybridized carbons (Fsp3) is 0.481. The monoisotopic (exact) mass is 522 g/mol. The number of amides is 1. The number of hydrogen-bond donors (Lipinski definition) is 2. The molecular formula is C27H36ClFN2O5. The Morgan fingerprint density at radius 1 is 1.11 bits per heavy atom. The Labute approximate surface area is 217 Å². The molecule has 0 aromatic heterocycles. The number of ether oxygens (including phenoxy) is 3. The van der Waals surface area contributed by atoms with Gasteiger partial charge in [-0.25, -0.2) is 9.18 Å². The highest BCUT2D eigenvalue weighted by Crippen LogP contribution is 2.26. The zero-order valence-corrected chi connectivity index (χ0v) is 22.3. The van der Waals surface area contributed by atoms with Gasteiger partial charge in [0.2, 0.25) is 0 Å². The number of halogens is 2. The average Bonchev–Trinajstić information content (AvgIpc) is 2.79. The molecule has 2 rings (SSSR count). The van der Waals surface area contributed by atoms with Crippen LogP contribution in [0.5, 0.6) is 0 Å². The van der Waals surface area contributed by atoms with E-state index in [2.05, 4.69) is 10.6 Å². The molecule has 0 spiro atoms. The summed E-state index contributed by atoms with van der Waals surface area (Å²) in [6.45, 7) is 8.19. The first kappa shape index (κ1) is 29.5. The number of carbonyl (C=O) groups is 2. The Balaban J connectivity index is 2.23. The standard InChI is InChI=1S/C27H36ClFN2O5/c1-6-35-25(32)24(30-13-14-34-5)17-21(31-26(33)36-27(2,3)4)15-18-7-9-19(10-8-18)22-16-20(28)11-12-23(22)29/h7-12,16,21,24,30H,6,13-15,17H2,1-5H3,(H,31,33). The van der Waals surface area contributed by atoms with Gasteiger partial charge in [-0.05, 0) is 69.9 Å². The van der Waals surface area contributed by atoms with Crippen LogP contribution < -0.4 is 10.6 Å². The van der Waals surface area contributed by atoms with E-state index in [0.29, 0.717) is 35.7 Å². The van der Waals surface area contributed by atoms with E-state index in [1.165, 1.54) is 12.1 Å². The van der Waals surface area contributed by atoms with Crippen molar-refractivity contribution in [3.8, 4) is 11.1 Å². The number of carbonyl (C=O) groups excluding carboxylic acids is 2. The molecule has 0 saturated heterocycles. The summed E-state index contributed by atoms with van der Waals surface area (Å²) in [5.41, 5.74) is 1.30. The van der Waals surface area contributed by atoms with E-state index in [4.69, 9.17) is 25.8 Å². The van der Waals surface area contributed by atoms with E-state index in [9.17, 15) is 14.0 Å². The second-order valence-electron chi connectivity index (χ2n) is 9.36. The molecule has 0 fully saturated rings. The lowest BCUT2D eigenvalue weighted by Crippen LogP contribution is -2.48. The molecule has 0 aliphatic heterocycles. The Morgan fingerprint density at radius 3 is 2.42 bits per heavy atom. The number of benzene rings is 2. The Morgan fingerprint density at radius 2 is 1.81 bits per heavy atom. The van der Waals surface area contributed by atoms with Crippen molar-refractivity contribution in [2.24, 2.45) is 0 Å². The van der Waals surface area contributed by atoms with Gasteiger partial charge >= 0.3 is 12.1 Å². The third kappa shape index (κ3) is 10.1. The van der Waals surface area contributed by atoms with Crippen LogP contribution in [-0.4, -0.2) is 56.6 Å². The molecular weight excluding hydrogens is 487 g/mol. The maximum atomic E-state index is 14.3. The molecule has 2 N–H and O–H groups in total. The quantitative estimate of drug-likeness (QED) is 0.296. The van der Waals surface area contributed by atoms with Gasteiger partial charge in [-0.3, -0.25) is 4.79 Å². The van der Waals surface area contributed by atoms with Gasteiger partial charge in [0.1, 0.15) is 17.5 Å². The Hall–Kier alpha value is -2.68. The second-order valence-corrected chi connectivity index (χ2v) is 9.79. The van der Waals surface area contributed by atoms with Gasteiger partial charge in [0.05, 0.1) is 13.2 Å². The van der Waals surface area contributed by atoms with Crippen LogP contribution in [0.15, 0.2) is 42.5 Å². The number of nitrogens with one attached hydrogen (secondary N) is 2. The molecule has 0 saturated carbocycles. The highest BCUT2D eigenvalue weighted by atomic mass is 35.5. The summed E-state index contributed by atoms with van der Waals surface area (Å²) in [6, 6.07) is 10.6. The number of rotatable bonds is 12. The Bertz CT molecular complexity index is 995. The molecule has 36 heavy (non-hydrogen) atoms. The largest absolute Gasteiger partial charge is 0.465 e. The third-order valence-corrected chi connectivity index (χ3v) is 5.42. The summed E-state index contributed by atoms with van der Waals surface area (Å²) in [7, 11) is 1.58. The molecule has 2 aromatic rings. The number of alkyl carbamates (subject to hydrolysis) is 1. The maximum Gasteiger partial charge on any atom is 0.407 e. The second kappa shape index (κ2) is 14.2. The van der Waals surface area contributed by atoms with Gasteiger partial charge in [-0.15, -0.1) is 0 Å². The van der Waals surface area contributed by atoms with Gasteiger partial charge < -0.3 is 24.8 Å². The molecule has 0 aliphatic rings. The van der Waals surface area contributed by atoms with Crippen LogP contribution in [0.3, 0.4) is 0 Å². The van der Waals surface area contributed by atoms with Crippen LogP contribution in [0.2, 0.25) is 5.02 Å². The molecule has 9 heteroatoms. The zero-order valence-electron chi connectivity index (χ0n) is 21.5. The molecule has 2 aromatic carbocycles. The van der Waals surface area contributed by atoms with E-state index < -0.39 is 29.7 Å². The molecule has 0 aliphatic carbocycles. The van der Waals surface area contributed by atoms with Gasteiger partial charge in [-0.1, -0.05) is 35.9 Å². The lowest BCUT2D eigenvalue weighted by molar-refractivity contribution is -0.146. The number of hydrogen-bond acceptors (Lipinski definition) is 6. The maximum absolute atomic E-state index is 14.3. The molecule has 198 valence electrons. The summed E-state index contributed by atoms with van der Waals surface area (Å²) >= 11 is 6.03. The van der Waals surface area contributed by atoms with E-state index in [0.717, 1.165) is 5.56 Å². The van der Waals surface area contributed by atoms with E-state index in [-0.39, 0.29) is 18.8 Å². The first-order chi connectivity index (χ1) is 17.0. The topological polar surface area (TPSA) is 85.9 Å². The minimum absolute atomic E-state index is 0.243. The fourth-order valence-corrected chi connectivity index (χ4v) is 3.79. The average molecular weight is 523 g/mol. The third-order valence-electron chi connectivity index (χ3n) is 5.18. The predicted octanol–water partition coefficient (Wildman–Crippen LogP) is 5.14. The van der Waals surface area contributed by atoms with Crippen LogP contribution in [0.4, 0.5) is 9.18 Å². The van der Waals surface area contributed by atoms with Crippen LogP contribution in [0.25, 0.3) is 11.1 Å². The van der Waals surface area contributed by atoms with Crippen molar-refractivity contribution >= 4 is 23.7 Å². The lowest BCUT2D eigenvalue weighted by Gasteiger charge is -2.26. The highest BCUT2D eigenvalue weighted by molar-refractivity contribution is 6.30. The molecule has 1 amide bonds. The minimum atomic E-state index is -0.672. The van der Waals surface area contributed by atoms with Crippen molar-refractivity contribution in [2.75, 3.05) is 26.9 Å². The molecule has 0 heterocycles. The fourth-order valence-electron chi connectivity index (χ4n) is 3.62. The van der Waals surface area contributed by atoms with Gasteiger partial charge in [0.25, 0.3) is 0 Å². The highest BCUT2D eigenvalue weighted by Gasteiger charge is 2.27. The van der Waals surface area contributed by atoms with Crippen LogP contribution >= 0.6 is 11.6 Å². The molecule has 0 radical (unpaired) electrons. The number of methoxy groups -OCH3 is 1. The van der Waals surface area contributed by atoms with Gasteiger partial charge in [0, 0.05) is 30.3 Å². The van der Waals surface area contributed by atoms with Crippen LogP contribution in [-0.2, 0) is 25.4 Å². The summed E-state index contributed by atoms with van der Waals surface area (Å²) in [5, 5.41) is 6.47. The van der Waals surface area contributed by atoms with Crippen molar-refractivity contribution in [2.45, 2.75) is 58.2 Å². The van der Waals surface area contributed by atoms with Crippen LogP contribution in [0.1, 0.15) is 39.7 Å². The molecule has 7 nitrogen and oxygen atoms in total. The lowest BCUT2D eigenvalue weighted by atomic mass is 9.97. The first-order valence-electron chi connectivity index (χ1n) is 11.9. The van der Waals surface area contributed by atoms with E-state index in [1.54, 1.807) is 53.0 Å². The van der Waals surface area contributed by atoms with Crippen molar-refractivity contribution in [1.82, 2.24) is 10.6 Å². The summed E-state index contributed by atoms with van der Waals surface area (Å²) < 4.78 is 30.0. The zero-order chi connectivity index (χ0) is 26.7. The molecule has 2 atom stereocenters. The van der Waals surface area contributed by atoms with E-state index in [1.807, 2.05) is 12.1 Å². The first-order valence-corrected chi connectivity index (χ1v) is 12.3. The van der Waals surface area contributed by atoms with Crippen molar-refractivity contribution in [3.05, 3.63) is 58.9 Å². The minimum Gasteiger partial charge on any atom is -0.465 e. The smallest absolute Gasteiger partial charge is 0.407 e. The predicted molar refractivity (Wildman–Crippen MR) is 139 cm³/mol. The Kier molecular flexibility index (Phi) is 11.6. The van der Waals surface area contributed by atoms with Crippen molar-refractivity contribution in [1.29, 1.82) is 0 Å². The van der Waals surface area contributed by atoms with Crippen molar-refractivity contribution in [3.63, 3.8) is 0 Å². The summed E-state index contributed by atoms with van der Waals surface area (Å²) in [6.07, 6.45) is 0.107. The summed E-state index contributed by atoms with van der Waals surface area (Å²) in [4.78, 5) is 25.1. The van der Waals surface area contributed by atoms with Gasteiger partial charge in [-0.2, -0.15) is 0 Å². The molecule has 2 unspecified atom stereocenters. The van der Waals surface area contributed by atoms with Crippen LogP contribution in [0, 0.1) is 5.82 Å². The van der Waals surface area contributed by atoms with E-state index >= 15 is 0 Å². The number of esters is 1. The summed E-state index contributed by atoms with van der Waals surface area (Å²) in [5.74, 6) is -0.771.